The van der Waals surface area contributed by atoms with E-state index in [1.54, 1.807) is 28.9 Å². The molecule has 0 unspecified atom stereocenters. The highest BCUT2D eigenvalue weighted by atomic mass is 79.9. The lowest BCUT2D eigenvalue weighted by Crippen LogP contribution is -2.17. The summed E-state index contributed by atoms with van der Waals surface area (Å²) in [6, 6.07) is 20.3. The molecule has 32 heavy (non-hydrogen) atoms. The van der Waals surface area contributed by atoms with Crippen molar-refractivity contribution in [3.8, 4) is 10.6 Å². The Labute approximate surface area is 194 Å². The third kappa shape index (κ3) is 4.98. The Morgan fingerprint density at radius 2 is 1.88 bits per heavy atom. The van der Waals surface area contributed by atoms with E-state index in [4.69, 9.17) is 10.1 Å². The fraction of sp³-hybridized carbons (Fsp3) is 0.0455. The number of nitro groups is 1. The molecule has 1 heterocycles. The first-order valence-electron chi connectivity index (χ1n) is 9.34. The summed E-state index contributed by atoms with van der Waals surface area (Å²) < 4.78 is 2.59. The molecule has 8 nitrogen and oxygen atoms in total. The number of carboxylic acid groups (broad SMARTS) is 1. The highest BCUT2D eigenvalue weighted by Crippen LogP contribution is 2.25. The third-order valence-electron chi connectivity index (χ3n) is 4.49. The molecule has 0 bridgehead atoms. The van der Waals surface area contributed by atoms with Crippen molar-refractivity contribution < 1.29 is 14.8 Å². The van der Waals surface area contributed by atoms with Gasteiger partial charge in [-0.1, -0.05) is 57.6 Å². The lowest BCUT2D eigenvalue weighted by Gasteiger charge is -2.03. The second-order valence-corrected chi connectivity index (χ2v) is 8.62. The van der Waals surface area contributed by atoms with E-state index in [-0.39, 0.29) is 11.3 Å². The molecule has 3 aromatic carbocycles. The first-order valence-corrected chi connectivity index (χ1v) is 11.0. The zero-order chi connectivity index (χ0) is 22.7. The second-order valence-electron chi connectivity index (χ2n) is 6.75. The van der Waals surface area contributed by atoms with Crippen molar-refractivity contribution in [2.24, 2.45) is 4.99 Å². The van der Waals surface area contributed by atoms with Crippen molar-refractivity contribution in [2.45, 2.75) is 6.54 Å². The molecule has 0 aliphatic rings. The molecule has 10 heteroatoms. The van der Waals surface area contributed by atoms with Crippen LogP contribution in [0.15, 0.2) is 82.3 Å². The van der Waals surface area contributed by atoms with Crippen LogP contribution in [-0.4, -0.2) is 25.8 Å². The Morgan fingerprint density at radius 3 is 2.56 bits per heavy atom. The molecule has 160 valence electrons. The van der Waals surface area contributed by atoms with Gasteiger partial charge in [-0.05, 0) is 35.9 Å². The van der Waals surface area contributed by atoms with Gasteiger partial charge in [0.1, 0.15) is 5.01 Å². The van der Waals surface area contributed by atoms with Gasteiger partial charge in [-0.25, -0.2) is 14.5 Å². The normalized spacial score (nSPS) is 11.5. The second kappa shape index (κ2) is 9.25. The molecule has 4 rings (SSSR count). The summed E-state index contributed by atoms with van der Waals surface area (Å²) in [5.41, 5.74) is 2.38. The van der Waals surface area contributed by atoms with Gasteiger partial charge in [-0.15, -0.1) is 0 Å². The number of carbonyl (C=O) groups is 1. The first-order chi connectivity index (χ1) is 15.4. The maximum Gasteiger partial charge on any atom is 0.335 e. The van der Waals surface area contributed by atoms with E-state index in [2.05, 4.69) is 21.0 Å². The summed E-state index contributed by atoms with van der Waals surface area (Å²) in [6.07, 6.45) is 0. The van der Waals surface area contributed by atoms with Crippen molar-refractivity contribution in [3.05, 3.63) is 103 Å². The Kier molecular flexibility index (Phi) is 6.24. The monoisotopic (exact) mass is 510 g/mol. The van der Waals surface area contributed by atoms with Gasteiger partial charge < -0.3 is 5.11 Å². The molecule has 1 N–H and O–H groups in total. The number of aromatic carboxylic acids is 1. The van der Waals surface area contributed by atoms with Crippen molar-refractivity contribution in [3.63, 3.8) is 0 Å². The van der Waals surface area contributed by atoms with E-state index in [9.17, 15) is 14.9 Å². The molecule has 0 saturated carbocycles. The number of halogens is 1. The number of benzene rings is 3. The van der Waals surface area contributed by atoms with Crippen LogP contribution in [0.5, 0.6) is 0 Å². The Bertz CT molecular complexity index is 1380. The molecule has 0 radical (unpaired) electrons. The molecule has 4 aromatic rings. The topological polar surface area (TPSA) is 111 Å². The predicted octanol–water partition coefficient (Wildman–Crippen LogP) is 5.26. The minimum absolute atomic E-state index is 0.0148. The summed E-state index contributed by atoms with van der Waals surface area (Å²) in [4.78, 5) is 27.1. The summed E-state index contributed by atoms with van der Waals surface area (Å²) >= 11 is 4.75. The molecule has 0 aliphatic heterocycles. The average molecular weight is 511 g/mol. The Morgan fingerprint density at radius 1 is 1.12 bits per heavy atom. The van der Waals surface area contributed by atoms with Crippen molar-refractivity contribution >= 4 is 44.6 Å². The van der Waals surface area contributed by atoms with Gasteiger partial charge in [0.05, 0.1) is 22.7 Å². The maximum absolute atomic E-state index is 11.2. The molecule has 0 saturated heterocycles. The van der Waals surface area contributed by atoms with Crippen LogP contribution in [0.25, 0.3) is 10.6 Å². The Balaban J connectivity index is 1.79. The Hall–Kier alpha value is -3.63. The summed E-state index contributed by atoms with van der Waals surface area (Å²) in [6.45, 7) is 0.359. The van der Waals surface area contributed by atoms with Gasteiger partial charge in [-0.3, -0.25) is 10.1 Å². The van der Waals surface area contributed by atoms with Gasteiger partial charge in [0.25, 0.3) is 5.69 Å². The lowest BCUT2D eigenvalue weighted by molar-refractivity contribution is -0.384. The van der Waals surface area contributed by atoms with Crippen LogP contribution >= 0.6 is 27.3 Å². The lowest BCUT2D eigenvalue weighted by atomic mass is 10.1. The van der Waals surface area contributed by atoms with Crippen molar-refractivity contribution in [1.82, 2.24) is 9.78 Å². The third-order valence-corrected chi connectivity index (χ3v) is 5.98. The van der Waals surface area contributed by atoms with E-state index >= 15 is 0 Å². The van der Waals surface area contributed by atoms with Crippen LogP contribution in [0.1, 0.15) is 15.9 Å². The van der Waals surface area contributed by atoms with Crippen LogP contribution in [0.3, 0.4) is 0 Å². The fourth-order valence-electron chi connectivity index (χ4n) is 2.95. The zero-order valence-corrected chi connectivity index (χ0v) is 18.8. The number of hydrogen-bond acceptors (Lipinski definition) is 6. The van der Waals surface area contributed by atoms with Crippen LogP contribution in [-0.2, 0) is 6.54 Å². The zero-order valence-electron chi connectivity index (χ0n) is 16.4. The van der Waals surface area contributed by atoms with Crippen molar-refractivity contribution in [1.29, 1.82) is 0 Å². The molecule has 0 atom stereocenters. The number of hydrogen-bond donors (Lipinski definition) is 1. The van der Waals surface area contributed by atoms with Crippen molar-refractivity contribution in [2.75, 3.05) is 0 Å². The predicted molar refractivity (Wildman–Crippen MR) is 124 cm³/mol. The summed E-state index contributed by atoms with van der Waals surface area (Å²) in [5, 5.41) is 25.5. The number of nitrogens with zero attached hydrogens (tertiary/aromatic N) is 4. The smallest absolute Gasteiger partial charge is 0.335 e. The van der Waals surface area contributed by atoms with Gasteiger partial charge in [0.2, 0.25) is 4.80 Å². The molecule has 0 spiro atoms. The first kappa shape index (κ1) is 21.6. The highest BCUT2D eigenvalue weighted by Gasteiger charge is 2.13. The maximum atomic E-state index is 11.2. The van der Waals surface area contributed by atoms with Gasteiger partial charge in [-0.2, -0.15) is 5.10 Å². The highest BCUT2D eigenvalue weighted by molar-refractivity contribution is 9.10. The minimum atomic E-state index is -0.990. The van der Waals surface area contributed by atoms with E-state index < -0.39 is 10.9 Å². The van der Waals surface area contributed by atoms with Crippen LogP contribution in [0, 0.1) is 10.1 Å². The van der Waals surface area contributed by atoms with Gasteiger partial charge >= 0.3 is 5.97 Å². The van der Waals surface area contributed by atoms with E-state index in [1.807, 2.05) is 24.3 Å². The number of rotatable bonds is 6. The molecular formula is C22H15BrN4O4S. The fourth-order valence-corrected chi connectivity index (χ4v) is 4.25. The number of nitro benzene ring substituents is 1. The van der Waals surface area contributed by atoms with Crippen LogP contribution in [0.2, 0.25) is 0 Å². The minimum Gasteiger partial charge on any atom is -0.478 e. The quantitative estimate of drug-likeness (QED) is 0.281. The van der Waals surface area contributed by atoms with E-state index in [0.29, 0.717) is 21.9 Å². The molecular weight excluding hydrogens is 496 g/mol. The SMILES string of the molecule is O=C(O)c1ccc(Cn2nc(-c3cccc([N+](=O)[O-])c3)s/c2=N\c2cccc(Br)c2)cc1. The number of aromatic nitrogens is 2. The molecule has 1 aromatic heterocycles. The largest absolute Gasteiger partial charge is 0.478 e. The summed E-state index contributed by atoms with van der Waals surface area (Å²) in [7, 11) is 0. The molecule has 0 fully saturated rings. The van der Waals surface area contributed by atoms with E-state index in [0.717, 1.165) is 15.7 Å². The average Bonchev–Trinajstić information content (AvgIpc) is 3.16. The van der Waals surface area contributed by atoms with E-state index in [1.165, 1.54) is 35.6 Å². The summed E-state index contributed by atoms with van der Waals surface area (Å²) in [5.74, 6) is -0.990. The van der Waals surface area contributed by atoms with Crippen LogP contribution < -0.4 is 4.80 Å². The molecule has 0 aliphatic carbocycles. The standard InChI is InChI=1S/C22H15BrN4O4S/c23-17-4-2-5-18(12-17)24-22-26(13-14-7-9-15(10-8-14)21(28)29)25-20(32-22)16-3-1-6-19(11-16)27(30)31/h1-12H,13H2,(H,28,29)/b24-22-. The van der Waals surface area contributed by atoms with Gasteiger partial charge in [0, 0.05) is 22.2 Å². The van der Waals surface area contributed by atoms with Gasteiger partial charge in [0.15, 0.2) is 0 Å². The number of non-ortho nitro benzene ring substituents is 1. The molecule has 0 amide bonds. The van der Waals surface area contributed by atoms with Crippen LogP contribution in [0.4, 0.5) is 11.4 Å². The number of carboxylic acids is 1.